The van der Waals surface area contributed by atoms with E-state index in [9.17, 15) is 4.79 Å². The molecule has 0 saturated heterocycles. The molecule has 0 bridgehead atoms. The number of hydrogen-bond acceptors (Lipinski definition) is 4. The summed E-state index contributed by atoms with van der Waals surface area (Å²) in [6.45, 7) is 5.40. The summed E-state index contributed by atoms with van der Waals surface area (Å²) < 4.78 is 7.53. The molecule has 2 rings (SSSR count). The third-order valence-corrected chi connectivity index (χ3v) is 3.09. The molecule has 0 amide bonds. The van der Waals surface area contributed by atoms with Gasteiger partial charge in [0.05, 0.1) is 18.1 Å². The van der Waals surface area contributed by atoms with Gasteiger partial charge in [-0.3, -0.25) is 4.79 Å². The Hall–Kier alpha value is -2.56. The van der Waals surface area contributed by atoms with Crippen LogP contribution in [-0.4, -0.2) is 17.4 Å². The van der Waals surface area contributed by atoms with Crippen LogP contribution >= 0.6 is 0 Å². The van der Waals surface area contributed by atoms with Crippen molar-refractivity contribution in [3.8, 4) is 5.75 Å². The van der Waals surface area contributed by atoms with Gasteiger partial charge in [-0.1, -0.05) is 35.5 Å². The number of benzene rings is 1. The summed E-state index contributed by atoms with van der Waals surface area (Å²) in [6.07, 6.45) is 3.24. The highest BCUT2D eigenvalue weighted by Gasteiger charge is 2.06. The van der Waals surface area contributed by atoms with E-state index in [1.807, 2.05) is 48.7 Å². The molecule has 0 N–H and O–H groups in total. The molecule has 0 atom stereocenters. The van der Waals surface area contributed by atoms with Gasteiger partial charge in [0.1, 0.15) is 13.2 Å². The van der Waals surface area contributed by atoms with Gasteiger partial charge in [-0.2, -0.15) is 0 Å². The average molecular weight is 300 g/mol. The van der Waals surface area contributed by atoms with E-state index in [4.69, 9.17) is 9.57 Å². The Morgan fingerprint density at radius 3 is 2.68 bits per heavy atom. The largest absolute Gasteiger partial charge is 0.483 e. The highest BCUT2D eigenvalue weighted by atomic mass is 16.6. The standard InChI is InChI=1S/C17H20N2O3/c1-3-19-12-17(21-13-14-8-6-5-7-9-14)16(20)10-15(19)11-18-22-4-2/h5-12H,3-4,13H2,1-2H3. The second-order valence-corrected chi connectivity index (χ2v) is 4.64. The minimum atomic E-state index is -0.168. The molecule has 22 heavy (non-hydrogen) atoms. The SMILES string of the molecule is CCON=Cc1cc(=O)c(OCc2ccccc2)cn1CC. The molecule has 1 aromatic heterocycles. The first-order valence-corrected chi connectivity index (χ1v) is 7.31. The maximum Gasteiger partial charge on any atom is 0.224 e. The first kappa shape index (κ1) is 15.8. The monoisotopic (exact) mass is 300 g/mol. The lowest BCUT2D eigenvalue weighted by atomic mass is 10.2. The van der Waals surface area contributed by atoms with Crippen molar-refractivity contribution >= 4 is 6.21 Å². The predicted octanol–water partition coefficient (Wildman–Crippen LogP) is 2.82. The zero-order valence-electron chi connectivity index (χ0n) is 12.9. The topological polar surface area (TPSA) is 52.8 Å². The molecule has 0 saturated carbocycles. The molecule has 0 aliphatic heterocycles. The first-order valence-electron chi connectivity index (χ1n) is 7.31. The number of pyridine rings is 1. The fourth-order valence-electron chi connectivity index (χ4n) is 1.96. The smallest absolute Gasteiger partial charge is 0.224 e. The lowest BCUT2D eigenvalue weighted by Crippen LogP contribution is -2.15. The van der Waals surface area contributed by atoms with Crippen LogP contribution in [0.15, 0.2) is 52.5 Å². The van der Waals surface area contributed by atoms with Crippen molar-refractivity contribution in [1.82, 2.24) is 4.57 Å². The number of aryl methyl sites for hydroxylation is 1. The number of rotatable bonds is 7. The molecule has 0 aliphatic carbocycles. The third-order valence-electron chi connectivity index (χ3n) is 3.09. The van der Waals surface area contributed by atoms with E-state index in [0.717, 1.165) is 5.56 Å². The third kappa shape index (κ3) is 4.22. The van der Waals surface area contributed by atoms with E-state index in [0.29, 0.717) is 31.2 Å². The quantitative estimate of drug-likeness (QED) is 0.583. The van der Waals surface area contributed by atoms with Crippen LogP contribution in [0.3, 0.4) is 0 Å². The second-order valence-electron chi connectivity index (χ2n) is 4.64. The lowest BCUT2D eigenvalue weighted by Gasteiger charge is -2.11. The highest BCUT2D eigenvalue weighted by Crippen LogP contribution is 2.09. The second kappa shape index (κ2) is 8.02. The van der Waals surface area contributed by atoms with Crippen LogP contribution in [0.4, 0.5) is 0 Å². The van der Waals surface area contributed by atoms with Gasteiger partial charge in [-0.05, 0) is 19.4 Å². The Morgan fingerprint density at radius 1 is 1.23 bits per heavy atom. The van der Waals surface area contributed by atoms with Crippen LogP contribution in [0.2, 0.25) is 0 Å². The summed E-state index contributed by atoms with van der Waals surface area (Å²) in [6, 6.07) is 11.3. The molecule has 0 aliphatic rings. The van der Waals surface area contributed by atoms with Gasteiger partial charge >= 0.3 is 0 Å². The molecule has 1 heterocycles. The van der Waals surface area contributed by atoms with Crippen LogP contribution in [0.25, 0.3) is 0 Å². The zero-order valence-corrected chi connectivity index (χ0v) is 12.9. The summed E-state index contributed by atoms with van der Waals surface area (Å²) >= 11 is 0. The number of oxime groups is 1. The van der Waals surface area contributed by atoms with Crippen LogP contribution < -0.4 is 10.2 Å². The number of nitrogens with zero attached hydrogens (tertiary/aromatic N) is 2. The fraction of sp³-hybridized carbons (Fsp3) is 0.294. The molecule has 116 valence electrons. The van der Waals surface area contributed by atoms with Crippen molar-refractivity contribution in [2.24, 2.45) is 5.16 Å². The first-order chi connectivity index (χ1) is 10.7. The Morgan fingerprint density at radius 2 is 2.00 bits per heavy atom. The summed E-state index contributed by atoms with van der Waals surface area (Å²) in [5, 5.41) is 3.81. The van der Waals surface area contributed by atoms with Gasteiger partial charge in [0.25, 0.3) is 0 Å². The maximum absolute atomic E-state index is 12.1. The summed E-state index contributed by atoms with van der Waals surface area (Å²) in [7, 11) is 0. The fourth-order valence-corrected chi connectivity index (χ4v) is 1.96. The minimum absolute atomic E-state index is 0.168. The molecule has 0 unspecified atom stereocenters. The van der Waals surface area contributed by atoms with Gasteiger partial charge < -0.3 is 14.1 Å². The Balaban J connectivity index is 2.17. The number of aromatic nitrogens is 1. The summed E-state index contributed by atoms with van der Waals surface area (Å²) in [5.74, 6) is 0.333. The Bertz CT molecular complexity index is 678. The van der Waals surface area contributed by atoms with Crippen molar-refractivity contribution in [2.45, 2.75) is 27.0 Å². The normalized spacial score (nSPS) is 10.8. The van der Waals surface area contributed by atoms with Crippen LogP contribution in [0.5, 0.6) is 5.75 Å². The summed E-state index contributed by atoms with van der Waals surface area (Å²) in [5.41, 5.74) is 1.54. The van der Waals surface area contributed by atoms with Crippen molar-refractivity contribution in [3.63, 3.8) is 0 Å². The van der Waals surface area contributed by atoms with Crippen molar-refractivity contribution in [1.29, 1.82) is 0 Å². The van der Waals surface area contributed by atoms with Gasteiger partial charge in [-0.25, -0.2) is 0 Å². The molecule has 5 heteroatoms. The van der Waals surface area contributed by atoms with Crippen LogP contribution in [0, 0.1) is 0 Å². The highest BCUT2D eigenvalue weighted by molar-refractivity contribution is 5.76. The molecule has 5 nitrogen and oxygen atoms in total. The number of ether oxygens (including phenoxy) is 1. The average Bonchev–Trinajstić information content (AvgIpc) is 2.55. The van der Waals surface area contributed by atoms with Crippen LogP contribution in [0.1, 0.15) is 25.1 Å². The Kier molecular flexibility index (Phi) is 5.77. The lowest BCUT2D eigenvalue weighted by molar-refractivity contribution is 0.160. The van der Waals surface area contributed by atoms with Gasteiger partial charge in [0.15, 0.2) is 5.75 Å². The van der Waals surface area contributed by atoms with E-state index in [1.54, 1.807) is 6.20 Å². The van der Waals surface area contributed by atoms with Crippen molar-refractivity contribution in [3.05, 3.63) is 64.1 Å². The number of hydrogen-bond donors (Lipinski definition) is 0. The van der Waals surface area contributed by atoms with Gasteiger partial charge in [0.2, 0.25) is 5.43 Å². The predicted molar refractivity (Wildman–Crippen MR) is 86.4 cm³/mol. The zero-order chi connectivity index (χ0) is 15.8. The molecule has 2 aromatic rings. The van der Waals surface area contributed by atoms with E-state index >= 15 is 0 Å². The van der Waals surface area contributed by atoms with Crippen molar-refractivity contribution < 1.29 is 9.57 Å². The van der Waals surface area contributed by atoms with E-state index in [1.165, 1.54) is 12.3 Å². The van der Waals surface area contributed by atoms with Gasteiger partial charge in [0, 0.05) is 12.6 Å². The van der Waals surface area contributed by atoms with E-state index in [-0.39, 0.29) is 5.43 Å². The molecule has 1 aromatic carbocycles. The van der Waals surface area contributed by atoms with Gasteiger partial charge in [-0.15, -0.1) is 0 Å². The molecular formula is C17H20N2O3. The van der Waals surface area contributed by atoms with E-state index in [2.05, 4.69) is 5.16 Å². The minimum Gasteiger partial charge on any atom is -0.483 e. The Labute approximate surface area is 129 Å². The van der Waals surface area contributed by atoms with Crippen LogP contribution in [-0.2, 0) is 18.0 Å². The maximum atomic E-state index is 12.1. The molecule has 0 fully saturated rings. The van der Waals surface area contributed by atoms with E-state index < -0.39 is 0 Å². The summed E-state index contributed by atoms with van der Waals surface area (Å²) in [4.78, 5) is 17.1. The molecule has 0 radical (unpaired) electrons. The molecular weight excluding hydrogens is 280 g/mol. The molecule has 0 spiro atoms. The van der Waals surface area contributed by atoms with Crippen molar-refractivity contribution in [2.75, 3.05) is 6.61 Å².